The summed E-state index contributed by atoms with van der Waals surface area (Å²) in [4.78, 5) is 15.3. The molecule has 1 aromatic carbocycles. The van der Waals surface area contributed by atoms with Crippen LogP contribution in [-0.2, 0) is 0 Å². The number of piperidine rings is 1. The third kappa shape index (κ3) is 2.89. The number of amides is 1. The zero-order chi connectivity index (χ0) is 15.8. The highest BCUT2D eigenvalue weighted by Gasteiger charge is 2.42. The molecule has 3 nitrogen and oxygen atoms in total. The van der Waals surface area contributed by atoms with E-state index in [1.165, 1.54) is 12.8 Å². The molecule has 1 aliphatic carbocycles. The van der Waals surface area contributed by atoms with Gasteiger partial charge in [0.15, 0.2) is 0 Å². The summed E-state index contributed by atoms with van der Waals surface area (Å²) in [6.07, 6.45) is 9.68. The van der Waals surface area contributed by atoms with Gasteiger partial charge in [-0.15, -0.1) is 0 Å². The molecule has 0 spiro atoms. The van der Waals surface area contributed by atoms with Crippen molar-refractivity contribution < 1.29 is 9.53 Å². The minimum Gasteiger partial charge on any atom is -0.493 e. The van der Waals surface area contributed by atoms with Gasteiger partial charge in [0.25, 0.3) is 5.91 Å². The van der Waals surface area contributed by atoms with E-state index in [0.717, 1.165) is 42.9 Å². The Morgan fingerprint density at radius 2 is 1.87 bits per heavy atom. The number of benzene rings is 1. The third-order valence-electron chi connectivity index (χ3n) is 5.36. The average Bonchev–Trinajstić information content (AvgIpc) is 3.32. The van der Waals surface area contributed by atoms with Crippen molar-refractivity contribution in [1.29, 1.82) is 0 Å². The standard InChI is InChI=1S/C20H25NO2/c1-2-23-19-6-4-3-5-18(19)20(22)21-16-9-10-17(21)13-15(12-16)11-14-7-8-14/h3-6,11,14,16-17H,2,7-10,12-13H2,1H3. The van der Waals surface area contributed by atoms with Crippen molar-refractivity contribution in [2.75, 3.05) is 6.61 Å². The van der Waals surface area contributed by atoms with Crippen molar-refractivity contribution >= 4 is 5.91 Å². The molecule has 1 amide bonds. The molecule has 122 valence electrons. The molecule has 2 saturated heterocycles. The second-order valence-corrected chi connectivity index (χ2v) is 7.10. The molecule has 3 heteroatoms. The Hall–Kier alpha value is -1.77. The molecule has 1 aromatic rings. The number of fused-ring (bicyclic) bond motifs is 2. The highest BCUT2D eigenvalue weighted by Crippen LogP contribution is 2.42. The number of carbonyl (C=O) groups is 1. The number of hydrogen-bond donors (Lipinski definition) is 0. The predicted octanol–water partition coefficient (Wildman–Crippen LogP) is 4.19. The van der Waals surface area contributed by atoms with Crippen LogP contribution in [0.25, 0.3) is 0 Å². The largest absolute Gasteiger partial charge is 0.493 e. The van der Waals surface area contributed by atoms with Crippen molar-refractivity contribution in [3.05, 3.63) is 41.5 Å². The molecule has 3 aliphatic rings. The molecule has 23 heavy (non-hydrogen) atoms. The van der Waals surface area contributed by atoms with Gasteiger partial charge in [0.05, 0.1) is 12.2 Å². The summed E-state index contributed by atoms with van der Waals surface area (Å²) in [5.41, 5.74) is 2.32. The van der Waals surface area contributed by atoms with Gasteiger partial charge in [0.1, 0.15) is 5.75 Å². The van der Waals surface area contributed by atoms with Crippen LogP contribution in [0.3, 0.4) is 0 Å². The van der Waals surface area contributed by atoms with Gasteiger partial charge in [0, 0.05) is 12.1 Å². The lowest BCUT2D eigenvalue weighted by molar-refractivity contribution is 0.0630. The summed E-state index contributed by atoms with van der Waals surface area (Å²) < 4.78 is 5.66. The van der Waals surface area contributed by atoms with Crippen molar-refractivity contribution in [3.8, 4) is 5.75 Å². The fraction of sp³-hybridized carbons (Fsp3) is 0.550. The van der Waals surface area contributed by atoms with Crippen LogP contribution in [0.2, 0.25) is 0 Å². The summed E-state index contributed by atoms with van der Waals surface area (Å²) in [6, 6.07) is 8.45. The molecule has 4 rings (SSSR count). The van der Waals surface area contributed by atoms with Crippen LogP contribution in [0, 0.1) is 5.92 Å². The van der Waals surface area contributed by atoms with Gasteiger partial charge in [-0.1, -0.05) is 23.8 Å². The van der Waals surface area contributed by atoms with Gasteiger partial charge in [-0.25, -0.2) is 0 Å². The Bertz CT molecular complexity index is 616. The first-order valence-electron chi connectivity index (χ1n) is 9.00. The number of para-hydroxylation sites is 1. The van der Waals surface area contributed by atoms with Crippen LogP contribution in [0.4, 0.5) is 0 Å². The maximum atomic E-state index is 13.1. The van der Waals surface area contributed by atoms with E-state index in [1.807, 2.05) is 31.2 Å². The van der Waals surface area contributed by atoms with Gasteiger partial charge in [-0.05, 0) is 63.5 Å². The van der Waals surface area contributed by atoms with Crippen LogP contribution < -0.4 is 4.74 Å². The van der Waals surface area contributed by atoms with E-state index in [-0.39, 0.29) is 5.91 Å². The van der Waals surface area contributed by atoms with E-state index in [2.05, 4.69) is 11.0 Å². The Balaban J connectivity index is 1.56. The van der Waals surface area contributed by atoms with E-state index in [0.29, 0.717) is 18.7 Å². The topological polar surface area (TPSA) is 29.5 Å². The second kappa shape index (κ2) is 6.03. The van der Waals surface area contributed by atoms with Gasteiger partial charge in [-0.2, -0.15) is 0 Å². The zero-order valence-corrected chi connectivity index (χ0v) is 13.8. The first-order chi connectivity index (χ1) is 11.3. The number of ether oxygens (including phenoxy) is 1. The summed E-state index contributed by atoms with van der Waals surface area (Å²) in [5, 5.41) is 0. The van der Waals surface area contributed by atoms with Gasteiger partial charge < -0.3 is 9.64 Å². The van der Waals surface area contributed by atoms with E-state index in [9.17, 15) is 4.79 Å². The molecule has 2 heterocycles. The van der Waals surface area contributed by atoms with E-state index < -0.39 is 0 Å². The number of nitrogens with zero attached hydrogens (tertiary/aromatic N) is 1. The number of carbonyl (C=O) groups excluding carboxylic acids is 1. The Labute approximate surface area is 138 Å². The molecule has 2 atom stereocenters. The van der Waals surface area contributed by atoms with Crippen molar-refractivity contribution in [1.82, 2.24) is 4.90 Å². The summed E-state index contributed by atoms with van der Waals surface area (Å²) in [7, 11) is 0. The minimum absolute atomic E-state index is 0.159. The molecule has 2 bridgehead atoms. The minimum atomic E-state index is 0.159. The number of rotatable bonds is 4. The average molecular weight is 311 g/mol. The predicted molar refractivity (Wildman–Crippen MR) is 90.6 cm³/mol. The maximum absolute atomic E-state index is 13.1. The number of hydrogen-bond acceptors (Lipinski definition) is 2. The van der Waals surface area contributed by atoms with Crippen LogP contribution in [0.15, 0.2) is 35.9 Å². The van der Waals surface area contributed by atoms with Gasteiger partial charge >= 0.3 is 0 Å². The number of allylic oxidation sites excluding steroid dienone is 1. The highest BCUT2D eigenvalue weighted by atomic mass is 16.5. The molecular formula is C20H25NO2. The Morgan fingerprint density at radius 1 is 1.17 bits per heavy atom. The monoisotopic (exact) mass is 311 g/mol. The molecule has 1 saturated carbocycles. The van der Waals surface area contributed by atoms with E-state index in [1.54, 1.807) is 5.57 Å². The first kappa shape index (κ1) is 14.8. The van der Waals surface area contributed by atoms with Crippen molar-refractivity contribution in [2.45, 2.75) is 57.5 Å². The molecule has 0 aromatic heterocycles. The highest BCUT2D eigenvalue weighted by molar-refractivity contribution is 5.97. The van der Waals surface area contributed by atoms with E-state index >= 15 is 0 Å². The second-order valence-electron chi connectivity index (χ2n) is 7.10. The molecular weight excluding hydrogens is 286 g/mol. The molecule has 0 radical (unpaired) electrons. The maximum Gasteiger partial charge on any atom is 0.258 e. The van der Waals surface area contributed by atoms with Gasteiger partial charge in [-0.3, -0.25) is 4.79 Å². The van der Waals surface area contributed by atoms with E-state index in [4.69, 9.17) is 4.74 Å². The van der Waals surface area contributed by atoms with Crippen LogP contribution >= 0.6 is 0 Å². The SMILES string of the molecule is CCOc1ccccc1C(=O)N1C2CCC1CC(=CC1CC1)C2. The molecule has 2 aliphatic heterocycles. The third-order valence-corrected chi connectivity index (χ3v) is 5.36. The van der Waals surface area contributed by atoms with Gasteiger partial charge in [0.2, 0.25) is 0 Å². The van der Waals surface area contributed by atoms with Crippen LogP contribution in [0.5, 0.6) is 5.75 Å². The fourth-order valence-corrected chi connectivity index (χ4v) is 4.18. The summed E-state index contributed by atoms with van der Waals surface area (Å²) in [5.74, 6) is 1.72. The van der Waals surface area contributed by atoms with Crippen LogP contribution in [-0.4, -0.2) is 29.5 Å². The van der Waals surface area contributed by atoms with Crippen LogP contribution in [0.1, 0.15) is 55.8 Å². The molecule has 0 N–H and O–H groups in total. The summed E-state index contributed by atoms with van der Waals surface area (Å²) >= 11 is 0. The molecule has 2 unspecified atom stereocenters. The normalized spacial score (nSPS) is 26.3. The Kier molecular flexibility index (Phi) is 3.88. The smallest absolute Gasteiger partial charge is 0.258 e. The quantitative estimate of drug-likeness (QED) is 0.780. The summed E-state index contributed by atoms with van der Waals surface area (Å²) in [6.45, 7) is 2.55. The Morgan fingerprint density at radius 3 is 2.52 bits per heavy atom. The van der Waals surface area contributed by atoms with Crippen molar-refractivity contribution in [3.63, 3.8) is 0 Å². The first-order valence-corrected chi connectivity index (χ1v) is 9.00. The lowest BCUT2D eigenvalue weighted by Gasteiger charge is -2.36. The lowest BCUT2D eigenvalue weighted by Crippen LogP contribution is -2.44. The lowest BCUT2D eigenvalue weighted by atomic mass is 9.94. The molecule has 3 fully saturated rings. The van der Waals surface area contributed by atoms with Crippen molar-refractivity contribution in [2.24, 2.45) is 5.92 Å². The zero-order valence-electron chi connectivity index (χ0n) is 13.8. The fourth-order valence-electron chi connectivity index (χ4n) is 4.18.